The molecule has 0 spiro atoms. The van der Waals surface area contributed by atoms with Gasteiger partial charge in [0.05, 0.1) is 0 Å². The van der Waals surface area contributed by atoms with Gasteiger partial charge in [-0.15, -0.1) is 24.0 Å². The van der Waals surface area contributed by atoms with Gasteiger partial charge in [0.1, 0.15) is 12.6 Å². The van der Waals surface area contributed by atoms with Crippen LogP contribution in [-0.4, -0.2) is 62.6 Å². The Morgan fingerprint density at radius 3 is 2.46 bits per heavy atom. The molecule has 0 bridgehead atoms. The summed E-state index contributed by atoms with van der Waals surface area (Å²) in [5.74, 6) is 0.414. The van der Waals surface area contributed by atoms with Crippen LogP contribution in [0.1, 0.15) is 45.4 Å². The zero-order chi connectivity index (χ0) is 17.1. The molecular weight excluding hydrogens is 423 g/mol. The highest BCUT2D eigenvalue weighted by atomic mass is 127. The van der Waals surface area contributed by atoms with Crippen LogP contribution in [0.2, 0.25) is 0 Å². The van der Waals surface area contributed by atoms with Crippen molar-refractivity contribution in [3.63, 3.8) is 0 Å². The van der Waals surface area contributed by atoms with E-state index in [1.54, 1.807) is 14.1 Å². The molecular formula is C16H31IN4O3. The lowest BCUT2D eigenvalue weighted by Gasteiger charge is -2.13. The summed E-state index contributed by atoms with van der Waals surface area (Å²) in [7, 11) is 3.41. The number of guanidine groups is 1. The molecule has 140 valence electrons. The first-order valence-corrected chi connectivity index (χ1v) is 8.44. The topological polar surface area (TPSA) is 83.0 Å². The van der Waals surface area contributed by atoms with Gasteiger partial charge in [-0.25, -0.2) is 4.99 Å². The number of esters is 1. The second-order valence-corrected chi connectivity index (χ2v) is 5.91. The first-order chi connectivity index (χ1) is 11.0. The van der Waals surface area contributed by atoms with Crippen molar-refractivity contribution >= 4 is 41.8 Å². The quantitative estimate of drug-likeness (QED) is 0.191. The van der Waals surface area contributed by atoms with E-state index >= 15 is 0 Å². The number of nitrogens with one attached hydrogen (secondary N) is 2. The van der Waals surface area contributed by atoms with E-state index in [4.69, 9.17) is 4.74 Å². The van der Waals surface area contributed by atoms with Crippen LogP contribution >= 0.6 is 24.0 Å². The zero-order valence-corrected chi connectivity index (χ0v) is 17.3. The molecule has 1 aliphatic rings. The van der Waals surface area contributed by atoms with Crippen molar-refractivity contribution in [3.05, 3.63) is 0 Å². The van der Waals surface area contributed by atoms with E-state index in [1.807, 2.05) is 6.92 Å². The molecule has 7 nitrogen and oxygen atoms in total. The number of aliphatic imine (C=N–C) groups is 1. The predicted octanol–water partition coefficient (Wildman–Crippen LogP) is 1.51. The molecule has 0 aromatic heterocycles. The fourth-order valence-corrected chi connectivity index (χ4v) is 2.32. The van der Waals surface area contributed by atoms with Gasteiger partial charge in [-0.1, -0.05) is 0 Å². The van der Waals surface area contributed by atoms with Crippen molar-refractivity contribution in [1.29, 1.82) is 0 Å². The highest BCUT2D eigenvalue weighted by molar-refractivity contribution is 14.0. The number of halogens is 1. The van der Waals surface area contributed by atoms with Crippen LogP contribution in [0, 0.1) is 0 Å². The minimum atomic E-state index is -0.122. The molecule has 24 heavy (non-hydrogen) atoms. The fourth-order valence-electron chi connectivity index (χ4n) is 2.32. The lowest BCUT2D eigenvalue weighted by Crippen LogP contribution is -2.39. The largest absolute Gasteiger partial charge is 0.462 e. The van der Waals surface area contributed by atoms with Crippen LogP contribution in [0.5, 0.6) is 0 Å². The van der Waals surface area contributed by atoms with Crippen molar-refractivity contribution in [3.8, 4) is 0 Å². The molecule has 1 aliphatic carbocycles. The summed E-state index contributed by atoms with van der Waals surface area (Å²) >= 11 is 0. The summed E-state index contributed by atoms with van der Waals surface area (Å²) in [5.41, 5.74) is 0. The van der Waals surface area contributed by atoms with E-state index in [2.05, 4.69) is 15.6 Å². The molecule has 0 unspecified atom stereocenters. The van der Waals surface area contributed by atoms with Gasteiger partial charge in [-0.2, -0.15) is 0 Å². The average molecular weight is 454 g/mol. The third kappa shape index (κ3) is 9.94. The molecule has 8 heteroatoms. The Labute approximate surface area is 162 Å². The molecule has 0 saturated heterocycles. The number of likely N-dealkylation sites (N-methyl/N-ethyl adjacent to an activating group) is 1. The smallest absolute Gasteiger partial charge is 0.306 e. The first kappa shape index (κ1) is 22.9. The predicted molar refractivity (Wildman–Crippen MR) is 106 cm³/mol. The second-order valence-electron chi connectivity index (χ2n) is 5.91. The van der Waals surface area contributed by atoms with Gasteiger partial charge in [0.2, 0.25) is 5.91 Å². The number of rotatable bonds is 8. The van der Waals surface area contributed by atoms with Gasteiger partial charge < -0.3 is 20.3 Å². The molecule has 1 fully saturated rings. The highest BCUT2D eigenvalue weighted by Gasteiger charge is 2.18. The molecule has 1 rings (SSSR count). The van der Waals surface area contributed by atoms with Crippen molar-refractivity contribution < 1.29 is 14.3 Å². The first-order valence-electron chi connectivity index (χ1n) is 8.44. The van der Waals surface area contributed by atoms with E-state index in [9.17, 15) is 9.59 Å². The lowest BCUT2D eigenvalue weighted by molar-refractivity contribution is -0.148. The minimum Gasteiger partial charge on any atom is -0.462 e. The number of hydrogen-bond donors (Lipinski definition) is 2. The van der Waals surface area contributed by atoms with Gasteiger partial charge in [0.25, 0.3) is 0 Å². The Bertz CT molecular complexity index is 410. The third-order valence-electron chi connectivity index (χ3n) is 3.67. The summed E-state index contributed by atoms with van der Waals surface area (Å²) in [5, 5.41) is 6.20. The number of hydrogen-bond acceptors (Lipinski definition) is 4. The maximum absolute atomic E-state index is 11.7. The van der Waals surface area contributed by atoms with Crippen molar-refractivity contribution in [2.24, 2.45) is 4.99 Å². The molecule has 0 aromatic carbocycles. The number of amides is 1. The van der Waals surface area contributed by atoms with Crippen LogP contribution in [0.3, 0.4) is 0 Å². The number of ether oxygens (including phenoxy) is 1. The molecule has 0 heterocycles. The van der Waals surface area contributed by atoms with Crippen LogP contribution in [0.4, 0.5) is 0 Å². The summed E-state index contributed by atoms with van der Waals surface area (Å²) in [6.45, 7) is 3.39. The van der Waals surface area contributed by atoms with Gasteiger partial charge >= 0.3 is 5.97 Å². The van der Waals surface area contributed by atoms with Crippen molar-refractivity contribution in [2.45, 2.75) is 51.6 Å². The van der Waals surface area contributed by atoms with E-state index in [0.29, 0.717) is 31.9 Å². The number of carbonyl (C=O) groups excluding carboxylic acids is 2. The maximum Gasteiger partial charge on any atom is 0.306 e. The minimum absolute atomic E-state index is 0. The molecule has 0 atom stereocenters. The van der Waals surface area contributed by atoms with Crippen LogP contribution in [0.15, 0.2) is 4.99 Å². The number of carbonyl (C=O) groups is 2. The van der Waals surface area contributed by atoms with E-state index in [-0.39, 0.29) is 48.5 Å². The van der Waals surface area contributed by atoms with Gasteiger partial charge in [0.15, 0.2) is 5.96 Å². The normalized spacial score (nSPS) is 14.7. The molecule has 2 N–H and O–H groups in total. The van der Waals surface area contributed by atoms with Gasteiger partial charge in [0, 0.05) is 33.6 Å². The summed E-state index contributed by atoms with van der Waals surface area (Å²) in [6.07, 6.45) is 5.53. The van der Waals surface area contributed by atoms with E-state index in [0.717, 1.165) is 25.7 Å². The summed E-state index contributed by atoms with van der Waals surface area (Å²) < 4.78 is 5.41. The third-order valence-corrected chi connectivity index (χ3v) is 3.67. The summed E-state index contributed by atoms with van der Waals surface area (Å²) in [4.78, 5) is 29.0. The molecule has 0 aliphatic heterocycles. The Morgan fingerprint density at radius 2 is 1.88 bits per heavy atom. The Morgan fingerprint density at radius 1 is 1.21 bits per heavy atom. The molecule has 1 amide bonds. The Balaban J connectivity index is 0.00000529. The average Bonchev–Trinajstić information content (AvgIpc) is 3.01. The van der Waals surface area contributed by atoms with Crippen LogP contribution in [-0.2, 0) is 14.3 Å². The fraction of sp³-hybridized carbons (Fsp3) is 0.812. The van der Waals surface area contributed by atoms with Crippen LogP contribution in [0.25, 0.3) is 0 Å². The monoisotopic (exact) mass is 454 g/mol. The highest BCUT2D eigenvalue weighted by Crippen LogP contribution is 2.21. The Kier molecular flexibility index (Phi) is 12.7. The second kappa shape index (κ2) is 13.3. The molecule has 1 saturated carbocycles. The van der Waals surface area contributed by atoms with Crippen molar-refractivity contribution in [2.75, 3.05) is 33.7 Å². The Hall–Kier alpha value is -1.06. The van der Waals surface area contributed by atoms with E-state index < -0.39 is 0 Å². The van der Waals surface area contributed by atoms with Gasteiger partial charge in [-0.05, 0) is 39.0 Å². The zero-order valence-electron chi connectivity index (χ0n) is 15.0. The summed E-state index contributed by atoms with van der Waals surface area (Å²) in [6, 6.07) is 0. The molecule has 0 aromatic rings. The SMILES string of the molecule is CCNC(=NCC(=O)N(C)C)NCCCC(=O)OC1CCCC1.I. The lowest BCUT2D eigenvalue weighted by atomic mass is 10.3. The van der Waals surface area contributed by atoms with Crippen LogP contribution < -0.4 is 10.6 Å². The van der Waals surface area contributed by atoms with Gasteiger partial charge in [-0.3, -0.25) is 9.59 Å². The van der Waals surface area contributed by atoms with E-state index in [1.165, 1.54) is 4.90 Å². The number of nitrogens with zero attached hydrogens (tertiary/aromatic N) is 2. The standard InChI is InChI=1S/C16H30N4O3.HI/c1-4-17-16(19-12-14(21)20(2)3)18-11-7-10-15(22)23-13-8-5-6-9-13;/h13H,4-12H2,1-3H3,(H2,17,18,19);1H. The molecule has 0 radical (unpaired) electrons. The maximum atomic E-state index is 11.7. The van der Waals surface area contributed by atoms with Crippen molar-refractivity contribution in [1.82, 2.24) is 15.5 Å².